The summed E-state index contributed by atoms with van der Waals surface area (Å²) in [6, 6.07) is 8.45. The summed E-state index contributed by atoms with van der Waals surface area (Å²) in [5, 5.41) is 29.8. The van der Waals surface area contributed by atoms with Crippen molar-refractivity contribution < 1.29 is 24.4 Å². The van der Waals surface area contributed by atoms with Gasteiger partial charge in [-0.05, 0) is 43.0 Å². The van der Waals surface area contributed by atoms with E-state index in [0.717, 1.165) is 6.42 Å². The van der Waals surface area contributed by atoms with E-state index >= 15 is 0 Å². The van der Waals surface area contributed by atoms with Crippen LogP contribution in [-0.2, 0) is 6.42 Å². The molecule has 0 bridgehead atoms. The van der Waals surface area contributed by atoms with Gasteiger partial charge in [-0.1, -0.05) is 37.6 Å². The van der Waals surface area contributed by atoms with E-state index in [4.69, 9.17) is 4.74 Å². The summed E-state index contributed by atoms with van der Waals surface area (Å²) in [5.74, 6) is 0.172. The number of rotatable bonds is 9. The van der Waals surface area contributed by atoms with Crippen molar-refractivity contribution in [3.05, 3.63) is 80.9 Å². The summed E-state index contributed by atoms with van der Waals surface area (Å²) >= 11 is 0. The van der Waals surface area contributed by atoms with Crippen molar-refractivity contribution in [2.24, 2.45) is 0 Å². The molecule has 2 aromatic carbocycles. The number of benzene rings is 2. The van der Waals surface area contributed by atoms with Crippen LogP contribution in [-0.4, -0.2) is 33.1 Å². The molecule has 0 saturated carbocycles. The van der Waals surface area contributed by atoms with Crippen molar-refractivity contribution in [3.63, 3.8) is 0 Å². The van der Waals surface area contributed by atoms with Crippen LogP contribution in [0.4, 0.5) is 4.39 Å². The summed E-state index contributed by atoms with van der Waals surface area (Å²) in [7, 11) is 0. The maximum Gasteiger partial charge on any atom is 0.197 e. The molecule has 176 valence electrons. The molecule has 0 spiro atoms. The van der Waals surface area contributed by atoms with Gasteiger partial charge in [-0.15, -0.1) is 0 Å². The molecule has 0 radical (unpaired) electrons. The zero-order valence-electron chi connectivity index (χ0n) is 19.1. The largest absolute Gasteiger partial charge is 0.494 e. The Hall–Kier alpha value is -3.00. The summed E-state index contributed by atoms with van der Waals surface area (Å²) < 4.78 is 22.1. The molecular weight excluding hydrogens is 425 g/mol. The third-order valence-electron chi connectivity index (χ3n) is 5.58. The van der Waals surface area contributed by atoms with E-state index in [2.05, 4.69) is 0 Å². The molecule has 7 heteroatoms. The molecule has 1 heterocycles. The molecule has 33 heavy (non-hydrogen) atoms. The second-order valence-electron chi connectivity index (χ2n) is 7.93. The Morgan fingerprint density at radius 1 is 1.21 bits per heavy atom. The molecule has 0 unspecified atom stereocenters. The molecule has 3 aromatic rings. The van der Waals surface area contributed by atoms with Crippen LogP contribution in [0.15, 0.2) is 47.4 Å². The number of nitrogens with zero attached hydrogens (tertiary/aromatic N) is 1. The molecule has 0 aliphatic heterocycles. The smallest absolute Gasteiger partial charge is 0.197 e. The highest BCUT2D eigenvalue weighted by Gasteiger charge is 2.19. The van der Waals surface area contributed by atoms with Crippen LogP contribution in [0.25, 0.3) is 16.6 Å². The number of halogens is 1. The van der Waals surface area contributed by atoms with Gasteiger partial charge in [0.15, 0.2) is 11.7 Å². The molecule has 6 nitrogen and oxygen atoms in total. The minimum absolute atomic E-state index is 0.197. The van der Waals surface area contributed by atoms with Crippen LogP contribution in [0, 0.1) is 12.7 Å². The molecule has 3 N–H and O–H groups in total. The topological polar surface area (TPSA) is 91.9 Å². The van der Waals surface area contributed by atoms with Gasteiger partial charge in [-0.2, -0.15) is 0 Å². The van der Waals surface area contributed by atoms with Gasteiger partial charge in [0.25, 0.3) is 0 Å². The minimum Gasteiger partial charge on any atom is -0.494 e. The van der Waals surface area contributed by atoms with Gasteiger partial charge < -0.3 is 24.6 Å². The van der Waals surface area contributed by atoms with Crippen LogP contribution < -0.4 is 10.2 Å². The first-order valence-corrected chi connectivity index (χ1v) is 11.1. The van der Waals surface area contributed by atoms with E-state index in [1.165, 1.54) is 6.20 Å². The van der Waals surface area contributed by atoms with Gasteiger partial charge in [0.1, 0.15) is 11.6 Å². The maximum atomic E-state index is 14.7. The van der Waals surface area contributed by atoms with E-state index in [9.17, 15) is 24.5 Å². The number of aliphatic hydroxyl groups is 3. The normalized spacial score (nSPS) is 12.1. The third kappa shape index (κ3) is 5.16. The first-order valence-electron chi connectivity index (χ1n) is 11.1. The van der Waals surface area contributed by atoms with E-state index in [1.54, 1.807) is 41.8 Å². The minimum atomic E-state index is -1.98. The number of aromatic nitrogens is 1. The van der Waals surface area contributed by atoms with E-state index in [0.29, 0.717) is 46.7 Å². The van der Waals surface area contributed by atoms with Gasteiger partial charge in [0.05, 0.1) is 24.3 Å². The van der Waals surface area contributed by atoms with Gasteiger partial charge in [0.2, 0.25) is 0 Å². The number of aryl methyl sites for hydroxylation is 1. The number of hydrogen-bond donors (Lipinski definition) is 3. The molecule has 0 aliphatic rings. The number of fused-ring (bicyclic) bond motifs is 1. The Balaban J connectivity index is 2.32. The predicted octanol–water partition coefficient (Wildman–Crippen LogP) is 4.06. The molecule has 0 fully saturated rings. The molecule has 0 atom stereocenters. The van der Waals surface area contributed by atoms with E-state index in [-0.39, 0.29) is 29.8 Å². The van der Waals surface area contributed by atoms with Crippen LogP contribution in [0.3, 0.4) is 0 Å². The quantitative estimate of drug-likeness (QED) is 0.424. The SMILES string of the molecule is CCCC=C(CO)n1cc(C(O)O)c(=O)c2cc(Cc3cccc(C)c3F)c(OCC)cc21. The Kier molecular flexibility index (Phi) is 8.02. The van der Waals surface area contributed by atoms with Gasteiger partial charge in [-0.3, -0.25) is 4.79 Å². The summed E-state index contributed by atoms with van der Waals surface area (Å²) in [5.41, 5.74) is 1.79. The number of hydrogen-bond acceptors (Lipinski definition) is 5. The van der Waals surface area contributed by atoms with Crippen molar-refractivity contribution >= 4 is 16.6 Å². The number of unbranched alkanes of at least 4 members (excludes halogenated alkanes) is 1. The lowest BCUT2D eigenvalue weighted by atomic mass is 9.98. The highest BCUT2D eigenvalue weighted by atomic mass is 19.1. The van der Waals surface area contributed by atoms with Crippen LogP contribution in [0.5, 0.6) is 5.75 Å². The lowest BCUT2D eigenvalue weighted by molar-refractivity contribution is -0.0434. The fourth-order valence-electron chi connectivity index (χ4n) is 3.87. The standard InChI is InChI=1S/C26H30FNO5/c1-4-6-10-19(15-29)28-14-21(26(31)32)25(30)20-12-18(23(33-5-2)13-22(20)28)11-17-9-7-8-16(3)24(17)27/h7-10,12-14,26,29,31-32H,4-6,11,15H2,1-3H3. The van der Waals surface area contributed by atoms with Crippen LogP contribution in [0.2, 0.25) is 0 Å². The summed E-state index contributed by atoms with van der Waals surface area (Å²) in [6.45, 7) is 5.58. The van der Waals surface area contributed by atoms with Crippen LogP contribution in [0.1, 0.15) is 55.2 Å². The zero-order valence-corrected chi connectivity index (χ0v) is 19.1. The van der Waals surface area contributed by atoms with E-state index in [1.807, 2.05) is 19.9 Å². The first-order chi connectivity index (χ1) is 15.8. The number of ether oxygens (including phenoxy) is 1. The number of aliphatic hydroxyl groups excluding tert-OH is 2. The Morgan fingerprint density at radius 2 is 1.97 bits per heavy atom. The summed E-state index contributed by atoms with van der Waals surface area (Å²) in [4.78, 5) is 13.1. The monoisotopic (exact) mass is 455 g/mol. The number of pyridine rings is 1. The van der Waals surface area contributed by atoms with Crippen molar-refractivity contribution in [1.82, 2.24) is 4.57 Å². The first kappa shape index (κ1) is 24.6. The lowest BCUT2D eigenvalue weighted by Gasteiger charge is -2.19. The third-order valence-corrected chi connectivity index (χ3v) is 5.58. The Labute approximate surface area is 192 Å². The molecular formula is C26H30FNO5. The van der Waals surface area contributed by atoms with Gasteiger partial charge in [0, 0.05) is 29.8 Å². The molecule has 0 amide bonds. The predicted molar refractivity (Wildman–Crippen MR) is 127 cm³/mol. The molecule has 0 saturated heterocycles. The highest BCUT2D eigenvalue weighted by Crippen LogP contribution is 2.30. The van der Waals surface area contributed by atoms with Crippen molar-refractivity contribution in [2.75, 3.05) is 13.2 Å². The molecule has 3 rings (SSSR count). The van der Waals surface area contributed by atoms with Crippen LogP contribution >= 0.6 is 0 Å². The average molecular weight is 456 g/mol. The fraction of sp³-hybridized carbons (Fsp3) is 0.346. The molecule has 0 aliphatic carbocycles. The second kappa shape index (κ2) is 10.7. The Bertz CT molecular complexity index is 1230. The average Bonchev–Trinajstić information content (AvgIpc) is 2.79. The van der Waals surface area contributed by atoms with Gasteiger partial charge >= 0.3 is 0 Å². The fourth-order valence-corrected chi connectivity index (χ4v) is 3.87. The summed E-state index contributed by atoms with van der Waals surface area (Å²) in [6.07, 6.45) is 2.94. The second-order valence-corrected chi connectivity index (χ2v) is 7.93. The lowest BCUT2D eigenvalue weighted by Crippen LogP contribution is -2.19. The number of allylic oxidation sites excluding steroid dienone is 1. The van der Waals surface area contributed by atoms with Gasteiger partial charge in [-0.25, -0.2) is 4.39 Å². The van der Waals surface area contributed by atoms with E-state index < -0.39 is 11.7 Å². The van der Waals surface area contributed by atoms with Crippen molar-refractivity contribution in [2.45, 2.75) is 46.3 Å². The van der Waals surface area contributed by atoms with Crippen molar-refractivity contribution in [1.29, 1.82) is 0 Å². The highest BCUT2D eigenvalue weighted by molar-refractivity contribution is 5.85. The zero-order chi connectivity index (χ0) is 24.1. The molecule has 1 aromatic heterocycles. The maximum absolute atomic E-state index is 14.7. The Morgan fingerprint density at radius 3 is 2.61 bits per heavy atom. The van der Waals surface area contributed by atoms with Crippen molar-refractivity contribution in [3.8, 4) is 5.75 Å².